The largest absolute Gasteiger partial charge is 0.311 e. The molecule has 0 saturated heterocycles. The van der Waals surface area contributed by atoms with Crippen LogP contribution in [0.1, 0.15) is 15.9 Å². The van der Waals surface area contributed by atoms with Gasteiger partial charge >= 0.3 is 0 Å². The van der Waals surface area contributed by atoms with Gasteiger partial charge in [-0.3, -0.25) is 9.78 Å². The first kappa shape index (κ1) is 12.2. The predicted octanol–water partition coefficient (Wildman–Crippen LogP) is 2.81. The Hall–Kier alpha value is -2.23. The van der Waals surface area contributed by atoms with Crippen LogP contribution >= 0.6 is 0 Å². The Morgan fingerprint density at radius 3 is 2.56 bits per heavy atom. The molecule has 1 aromatic carbocycles. The Kier molecular flexibility index (Phi) is 3.37. The third-order valence-corrected chi connectivity index (χ3v) is 2.78. The van der Waals surface area contributed by atoms with Crippen LogP contribution < -0.4 is 4.90 Å². The summed E-state index contributed by atoms with van der Waals surface area (Å²) in [4.78, 5) is 17.5. The van der Waals surface area contributed by atoms with Crippen LogP contribution in [0.25, 0.3) is 0 Å². The van der Waals surface area contributed by atoms with Crippen LogP contribution in [-0.4, -0.2) is 17.9 Å². The topological polar surface area (TPSA) is 33.2 Å². The van der Waals surface area contributed by atoms with Gasteiger partial charge in [-0.1, -0.05) is 12.1 Å². The first-order chi connectivity index (χ1) is 8.61. The molecular weight excluding hydrogens is 231 g/mol. The molecule has 92 valence electrons. The summed E-state index contributed by atoms with van der Waals surface area (Å²) in [6.45, 7) is 1.64. The lowest BCUT2D eigenvalue weighted by atomic mass is 10.1. The molecule has 0 N–H and O–H groups in total. The van der Waals surface area contributed by atoms with E-state index >= 15 is 0 Å². The van der Waals surface area contributed by atoms with Gasteiger partial charge in [0.05, 0.1) is 5.56 Å². The normalized spacial score (nSPS) is 10.2. The van der Waals surface area contributed by atoms with Crippen LogP contribution in [0.3, 0.4) is 0 Å². The molecule has 0 spiro atoms. The lowest BCUT2D eigenvalue weighted by Crippen LogP contribution is -2.27. The summed E-state index contributed by atoms with van der Waals surface area (Å²) in [5.74, 6) is -0.842. The van der Waals surface area contributed by atoms with Crippen LogP contribution in [0, 0.1) is 12.7 Å². The van der Waals surface area contributed by atoms with Crippen LogP contribution in [0.15, 0.2) is 42.7 Å². The van der Waals surface area contributed by atoms with Gasteiger partial charge in [-0.2, -0.15) is 0 Å². The molecular formula is C14H13FN2O. The maximum atomic E-state index is 13.9. The fourth-order valence-electron chi connectivity index (χ4n) is 1.68. The van der Waals surface area contributed by atoms with Crippen molar-refractivity contribution in [2.45, 2.75) is 6.92 Å². The summed E-state index contributed by atoms with van der Waals surface area (Å²) < 4.78 is 13.9. The van der Waals surface area contributed by atoms with Crippen LogP contribution in [-0.2, 0) is 0 Å². The highest BCUT2D eigenvalue weighted by Gasteiger charge is 2.18. The second-order valence-corrected chi connectivity index (χ2v) is 4.01. The van der Waals surface area contributed by atoms with Gasteiger partial charge in [0.25, 0.3) is 5.91 Å². The highest BCUT2D eigenvalue weighted by Crippen LogP contribution is 2.17. The number of anilines is 1. The van der Waals surface area contributed by atoms with E-state index in [1.807, 2.05) is 0 Å². The van der Waals surface area contributed by atoms with Crippen LogP contribution in [0.4, 0.5) is 10.1 Å². The van der Waals surface area contributed by atoms with E-state index in [9.17, 15) is 9.18 Å². The molecule has 0 bridgehead atoms. The molecule has 0 aliphatic carbocycles. The number of aromatic nitrogens is 1. The monoisotopic (exact) mass is 244 g/mol. The molecule has 18 heavy (non-hydrogen) atoms. The number of hydrogen-bond acceptors (Lipinski definition) is 2. The van der Waals surface area contributed by atoms with Crippen molar-refractivity contribution < 1.29 is 9.18 Å². The molecule has 0 radical (unpaired) electrons. The van der Waals surface area contributed by atoms with E-state index in [-0.39, 0.29) is 11.5 Å². The second-order valence-electron chi connectivity index (χ2n) is 4.01. The minimum Gasteiger partial charge on any atom is -0.311 e. The average Bonchev–Trinajstić information content (AvgIpc) is 2.41. The van der Waals surface area contributed by atoms with Crippen molar-refractivity contribution in [3.63, 3.8) is 0 Å². The minimum absolute atomic E-state index is 0.0781. The first-order valence-corrected chi connectivity index (χ1v) is 5.54. The summed E-state index contributed by atoms with van der Waals surface area (Å²) in [6, 6.07) is 8.20. The number of carbonyl (C=O) groups excluding carboxylic acids is 1. The van der Waals surface area contributed by atoms with E-state index in [4.69, 9.17) is 0 Å². The molecule has 4 heteroatoms. The van der Waals surface area contributed by atoms with Gasteiger partial charge in [0.2, 0.25) is 0 Å². The summed E-state index contributed by atoms with van der Waals surface area (Å²) in [7, 11) is 1.61. The average molecular weight is 244 g/mol. The van der Waals surface area contributed by atoms with Crippen LogP contribution in [0.2, 0.25) is 0 Å². The molecule has 3 nitrogen and oxygen atoms in total. The molecule has 0 aliphatic heterocycles. The molecule has 2 rings (SSSR count). The maximum Gasteiger partial charge on any atom is 0.260 e. The molecule has 0 fully saturated rings. The van der Waals surface area contributed by atoms with E-state index < -0.39 is 5.82 Å². The van der Waals surface area contributed by atoms with Crippen molar-refractivity contribution >= 4 is 11.6 Å². The van der Waals surface area contributed by atoms with Crippen molar-refractivity contribution in [3.8, 4) is 0 Å². The van der Waals surface area contributed by atoms with E-state index in [0.29, 0.717) is 11.3 Å². The summed E-state index contributed by atoms with van der Waals surface area (Å²) in [5.41, 5.74) is 1.22. The Morgan fingerprint density at radius 2 is 1.89 bits per heavy atom. The standard InChI is InChI=1S/C14H13FN2O/c1-10-4-3-5-12(13(10)15)14(18)17(2)11-6-8-16-9-7-11/h3-9H,1-2H3. The van der Waals surface area contributed by atoms with Crippen molar-refractivity contribution in [1.29, 1.82) is 0 Å². The maximum absolute atomic E-state index is 13.9. The van der Waals surface area contributed by atoms with E-state index in [1.54, 1.807) is 50.6 Å². The number of rotatable bonds is 2. The van der Waals surface area contributed by atoms with Gasteiger partial charge in [-0.25, -0.2) is 4.39 Å². The van der Waals surface area contributed by atoms with Crippen molar-refractivity contribution in [1.82, 2.24) is 4.98 Å². The molecule has 0 saturated carbocycles. The number of amides is 1. The predicted molar refractivity (Wildman–Crippen MR) is 68.1 cm³/mol. The number of carbonyl (C=O) groups is 1. The van der Waals surface area contributed by atoms with Crippen molar-refractivity contribution in [3.05, 3.63) is 59.7 Å². The zero-order chi connectivity index (χ0) is 13.1. The quantitative estimate of drug-likeness (QED) is 0.813. The zero-order valence-electron chi connectivity index (χ0n) is 10.2. The molecule has 1 aromatic heterocycles. The van der Waals surface area contributed by atoms with Crippen LogP contribution in [0.5, 0.6) is 0 Å². The third-order valence-electron chi connectivity index (χ3n) is 2.78. The molecule has 1 heterocycles. The summed E-state index contributed by atoms with van der Waals surface area (Å²) in [6.07, 6.45) is 3.18. The molecule has 2 aromatic rings. The Morgan fingerprint density at radius 1 is 1.22 bits per heavy atom. The van der Waals surface area contributed by atoms with E-state index in [0.717, 1.165) is 0 Å². The van der Waals surface area contributed by atoms with Gasteiger partial charge in [-0.15, -0.1) is 0 Å². The second kappa shape index (κ2) is 4.96. The fourth-order valence-corrected chi connectivity index (χ4v) is 1.68. The minimum atomic E-state index is -0.469. The van der Waals surface area contributed by atoms with E-state index in [1.165, 1.54) is 11.0 Å². The van der Waals surface area contributed by atoms with Gasteiger partial charge in [0.1, 0.15) is 5.82 Å². The Balaban J connectivity index is 2.35. The van der Waals surface area contributed by atoms with Crippen molar-refractivity contribution in [2.24, 2.45) is 0 Å². The lowest BCUT2D eigenvalue weighted by Gasteiger charge is -2.17. The number of nitrogens with zero attached hydrogens (tertiary/aromatic N) is 2. The van der Waals surface area contributed by atoms with Gasteiger partial charge in [-0.05, 0) is 30.7 Å². The summed E-state index contributed by atoms with van der Waals surface area (Å²) in [5, 5.41) is 0. The Bertz CT molecular complexity index is 569. The van der Waals surface area contributed by atoms with Crippen molar-refractivity contribution in [2.75, 3.05) is 11.9 Å². The molecule has 1 amide bonds. The summed E-state index contributed by atoms with van der Waals surface area (Å²) >= 11 is 0. The highest BCUT2D eigenvalue weighted by molar-refractivity contribution is 6.05. The third kappa shape index (κ3) is 2.22. The highest BCUT2D eigenvalue weighted by atomic mass is 19.1. The number of pyridine rings is 1. The number of hydrogen-bond donors (Lipinski definition) is 0. The first-order valence-electron chi connectivity index (χ1n) is 5.54. The molecule has 0 atom stereocenters. The Labute approximate surface area is 105 Å². The van der Waals surface area contributed by atoms with Gasteiger partial charge in [0.15, 0.2) is 0 Å². The lowest BCUT2D eigenvalue weighted by molar-refractivity contribution is 0.0989. The van der Waals surface area contributed by atoms with Gasteiger partial charge in [0, 0.05) is 25.1 Å². The fraction of sp³-hybridized carbons (Fsp3) is 0.143. The smallest absolute Gasteiger partial charge is 0.260 e. The number of halogens is 1. The van der Waals surface area contributed by atoms with E-state index in [2.05, 4.69) is 4.98 Å². The SMILES string of the molecule is Cc1cccc(C(=O)N(C)c2ccncc2)c1F. The molecule has 0 unspecified atom stereocenters. The molecule has 0 aliphatic rings. The number of aryl methyl sites for hydroxylation is 1. The zero-order valence-corrected chi connectivity index (χ0v) is 10.2. The van der Waals surface area contributed by atoms with Gasteiger partial charge < -0.3 is 4.90 Å². The number of benzene rings is 1.